The molecule has 20 heavy (non-hydrogen) atoms. The van der Waals surface area contributed by atoms with Gasteiger partial charge in [-0.05, 0) is 55.7 Å². The van der Waals surface area contributed by atoms with Gasteiger partial charge in [-0.3, -0.25) is 4.90 Å². The molecule has 0 radical (unpaired) electrons. The van der Waals surface area contributed by atoms with Crippen LogP contribution >= 0.6 is 35.1 Å². The van der Waals surface area contributed by atoms with Crippen LogP contribution in [0, 0.1) is 0 Å². The largest absolute Gasteiger partial charge is 0.297 e. The van der Waals surface area contributed by atoms with Crippen molar-refractivity contribution in [3.05, 3.63) is 50.9 Å². The van der Waals surface area contributed by atoms with E-state index < -0.39 is 0 Å². The summed E-state index contributed by atoms with van der Waals surface area (Å²) in [4.78, 5) is 5.35. The van der Waals surface area contributed by atoms with Crippen LogP contribution < -0.4 is 0 Å². The lowest BCUT2D eigenvalue weighted by molar-refractivity contribution is 0.300. The zero-order chi connectivity index (χ0) is 13.1. The Bertz CT molecular complexity index is 489. The number of nitrogens with zero attached hydrogens (tertiary/aromatic N) is 1. The zero-order valence-electron chi connectivity index (χ0n) is 11.6. The molecule has 1 atom stereocenters. The quantitative estimate of drug-likeness (QED) is 0.751. The van der Waals surface area contributed by atoms with Gasteiger partial charge in [0.15, 0.2) is 0 Å². The average molecular weight is 326 g/mol. The molecule has 1 aliphatic heterocycles. The second-order valence-electron chi connectivity index (χ2n) is 5.02. The second-order valence-corrected chi connectivity index (χ2v) is 6.91. The zero-order valence-corrected chi connectivity index (χ0v) is 14.1. The lowest BCUT2D eigenvalue weighted by Crippen LogP contribution is -2.28. The lowest BCUT2D eigenvalue weighted by atomic mass is 10.1. The van der Waals surface area contributed by atoms with E-state index in [1.165, 1.54) is 41.3 Å². The molecule has 0 saturated carbocycles. The van der Waals surface area contributed by atoms with Gasteiger partial charge in [-0.15, -0.1) is 35.1 Å². The fourth-order valence-corrected chi connectivity index (χ4v) is 4.24. The van der Waals surface area contributed by atoms with Gasteiger partial charge in [0.1, 0.15) is 0 Å². The summed E-state index contributed by atoms with van der Waals surface area (Å²) in [7, 11) is 0. The maximum Gasteiger partial charge on any atom is 0.0354 e. The first-order valence-electron chi connectivity index (χ1n) is 6.88. The molecule has 4 heteroatoms. The van der Waals surface area contributed by atoms with Crippen LogP contribution in [0.2, 0.25) is 0 Å². The van der Waals surface area contributed by atoms with Crippen LogP contribution in [0.25, 0.3) is 5.57 Å². The normalized spacial score (nSPS) is 16.6. The predicted octanol–water partition coefficient (Wildman–Crippen LogP) is 5.15. The molecule has 1 fully saturated rings. The maximum absolute atomic E-state index is 2.58. The number of halogens is 1. The van der Waals surface area contributed by atoms with Crippen LogP contribution in [0.3, 0.4) is 0 Å². The molecule has 3 rings (SSSR count). The van der Waals surface area contributed by atoms with E-state index in [0.717, 1.165) is 0 Å². The number of hydrogen-bond donors (Lipinski definition) is 0. The van der Waals surface area contributed by atoms with Crippen molar-refractivity contribution in [2.45, 2.75) is 25.8 Å². The van der Waals surface area contributed by atoms with E-state index in [0.29, 0.717) is 6.04 Å². The maximum atomic E-state index is 2.58. The first-order chi connectivity index (χ1) is 9.34. The van der Waals surface area contributed by atoms with Gasteiger partial charge in [0, 0.05) is 21.4 Å². The van der Waals surface area contributed by atoms with Gasteiger partial charge < -0.3 is 0 Å². The second kappa shape index (κ2) is 7.41. The Hall–Kier alpha value is -0.610. The molecule has 1 unspecified atom stereocenters. The summed E-state index contributed by atoms with van der Waals surface area (Å²) in [5.74, 6) is 0. The Labute approximate surface area is 135 Å². The first kappa shape index (κ1) is 15.8. The lowest BCUT2D eigenvalue weighted by Gasteiger charge is -2.21. The standard InChI is InChI=1S/C16H19NS2.ClH/c1-13(17-8-2-3-9-17)12-14(15-6-4-10-18-15)16-7-5-11-19-16;/h4-7,10-13H,2-3,8-9H2,1H3;1H. The molecule has 0 aliphatic carbocycles. The first-order valence-corrected chi connectivity index (χ1v) is 8.64. The van der Waals surface area contributed by atoms with Crippen LogP contribution in [-0.2, 0) is 0 Å². The van der Waals surface area contributed by atoms with Crippen LogP contribution in [0.1, 0.15) is 29.5 Å². The summed E-state index contributed by atoms with van der Waals surface area (Å²) in [5, 5.41) is 4.33. The summed E-state index contributed by atoms with van der Waals surface area (Å²) in [5.41, 5.74) is 1.41. The Morgan fingerprint density at radius 2 is 1.65 bits per heavy atom. The highest BCUT2D eigenvalue weighted by Gasteiger charge is 2.18. The summed E-state index contributed by atoms with van der Waals surface area (Å²) in [6, 6.07) is 9.27. The van der Waals surface area contributed by atoms with Crippen molar-refractivity contribution in [1.29, 1.82) is 0 Å². The molecule has 2 aromatic heterocycles. The number of thiophene rings is 2. The van der Waals surface area contributed by atoms with Gasteiger partial charge in [0.25, 0.3) is 0 Å². The van der Waals surface area contributed by atoms with E-state index >= 15 is 0 Å². The number of rotatable bonds is 4. The van der Waals surface area contributed by atoms with Gasteiger partial charge >= 0.3 is 0 Å². The SMILES string of the molecule is CC(C=C(c1cccs1)c1cccs1)N1CCCC1.Cl. The van der Waals surface area contributed by atoms with Gasteiger partial charge in [0.05, 0.1) is 0 Å². The van der Waals surface area contributed by atoms with Crippen molar-refractivity contribution in [3.8, 4) is 0 Å². The third-order valence-corrected chi connectivity index (χ3v) is 5.50. The van der Waals surface area contributed by atoms with Crippen molar-refractivity contribution >= 4 is 40.7 Å². The average Bonchev–Trinajstić information content (AvgIpc) is 3.17. The van der Waals surface area contributed by atoms with Gasteiger partial charge in [-0.1, -0.05) is 18.2 Å². The summed E-state index contributed by atoms with van der Waals surface area (Å²) in [6.07, 6.45) is 5.15. The minimum absolute atomic E-state index is 0. The monoisotopic (exact) mass is 325 g/mol. The molecule has 0 spiro atoms. The third-order valence-electron chi connectivity index (χ3n) is 3.70. The van der Waals surface area contributed by atoms with E-state index in [1.807, 2.05) is 22.7 Å². The van der Waals surface area contributed by atoms with Crippen molar-refractivity contribution < 1.29 is 0 Å². The smallest absolute Gasteiger partial charge is 0.0354 e. The predicted molar refractivity (Wildman–Crippen MR) is 93.2 cm³/mol. The van der Waals surface area contributed by atoms with Crippen molar-refractivity contribution in [3.63, 3.8) is 0 Å². The minimum Gasteiger partial charge on any atom is -0.297 e. The molecule has 0 bridgehead atoms. The van der Waals surface area contributed by atoms with E-state index in [9.17, 15) is 0 Å². The highest BCUT2D eigenvalue weighted by Crippen LogP contribution is 2.31. The number of likely N-dealkylation sites (tertiary alicyclic amines) is 1. The molecule has 3 heterocycles. The molecule has 1 nitrogen and oxygen atoms in total. The Morgan fingerprint density at radius 3 is 2.10 bits per heavy atom. The van der Waals surface area contributed by atoms with Crippen LogP contribution in [0.15, 0.2) is 41.1 Å². The minimum atomic E-state index is 0. The van der Waals surface area contributed by atoms with Crippen molar-refractivity contribution in [2.24, 2.45) is 0 Å². The van der Waals surface area contributed by atoms with E-state index in [-0.39, 0.29) is 12.4 Å². The van der Waals surface area contributed by atoms with E-state index in [1.54, 1.807) is 0 Å². The molecule has 2 aromatic rings. The van der Waals surface area contributed by atoms with Crippen molar-refractivity contribution in [2.75, 3.05) is 13.1 Å². The van der Waals surface area contributed by atoms with E-state index in [4.69, 9.17) is 0 Å². The molecular formula is C16H20ClNS2. The molecular weight excluding hydrogens is 306 g/mol. The molecule has 108 valence electrons. The summed E-state index contributed by atoms with van der Waals surface area (Å²) in [6.45, 7) is 4.83. The summed E-state index contributed by atoms with van der Waals surface area (Å²) < 4.78 is 0. The Kier molecular flexibility index (Phi) is 5.85. The van der Waals surface area contributed by atoms with E-state index in [2.05, 4.69) is 52.9 Å². The van der Waals surface area contributed by atoms with Crippen LogP contribution in [0.4, 0.5) is 0 Å². The van der Waals surface area contributed by atoms with Gasteiger partial charge in [-0.2, -0.15) is 0 Å². The number of hydrogen-bond acceptors (Lipinski definition) is 3. The van der Waals surface area contributed by atoms with Gasteiger partial charge in [0.2, 0.25) is 0 Å². The fraction of sp³-hybridized carbons (Fsp3) is 0.375. The van der Waals surface area contributed by atoms with Crippen LogP contribution in [-0.4, -0.2) is 24.0 Å². The van der Waals surface area contributed by atoms with Gasteiger partial charge in [-0.25, -0.2) is 0 Å². The highest BCUT2D eigenvalue weighted by molar-refractivity contribution is 7.13. The topological polar surface area (TPSA) is 3.24 Å². The Balaban J connectivity index is 0.00000147. The summed E-state index contributed by atoms with van der Waals surface area (Å²) >= 11 is 3.67. The highest BCUT2D eigenvalue weighted by atomic mass is 35.5. The molecule has 0 N–H and O–H groups in total. The van der Waals surface area contributed by atoms with Crippen molar-refractivity contribution in [1.82, 2.24) is 4.90 Å². The van der Waals surface area contributed by atoms with Crippen LogP contribution in [0.5, 0.6) is 0 Å². The third kappa shape index (κ3) is 3.53. The molecule has 1 aliphatic rings. The molecule has 1 saturated heterocycles. The Morgan fingerprint density at radius 1 is 1.10 bits per heavy atom. The fourth-order valence-electron chi connectivity index (χ4n) is 2.64. The molecule has 0 amide bonds. The molecule has 0 aromatic carbocycles.